The third kappa shape index (κ3) is 3.23. The molecule has 2 N–H and O–H groups in total. The minimum Gasteiger partial charge on any atom is -0.394 e. The molecule has 1 saturated carbocycles. The fraction of sp³-hybridized carbons (Fsp3) is 1.00. The molecule has 2 aliphatic rings. The summed E-state index contributed by atoms with van der Waals surface area (Å²) in [6.07, 6.45) is 3.99. The summed E-state index contributed by atoms with van der Waals surface area (Å²) < 4.78 is 5.42. The quantitative estimate of drug-likeness (QED) is 0.709. The summed E-state index contributed by atoms with van der Waals surface area (Å²) in [7, 11) is 1.79. The monoisotopic (exact) mass is 256 g/mol. The molecular weight excluding hydrogens is 228 g/mol. The molecule has 1 heterocycles. The number of ether oxygens (including phenoxy) is 1. The van der Waals surface area contributed by atoms with Crippen LogP contribution in [0.15, 0.2) is 0 Å². The number of hydrogen-bond acceptors (Lipinski definition) is 4. The molecule has 1 saturated heterocycles. The van der Waals surface area contributed by atoms with Gasteiger partial charge in [0.25, 0.3) is 0 Å². The second-order valence-corrected chi connectivity index (χ2v) is 6.27. The Morgan fingerprint density at radius 3 is 2.56 bits per heavy atom. The molecule has 0 spiro atoms. The predicted octanol–water partition coefficient (Wildman–Crippen LogP) is 0.846. The lowest BCUT2D eigenvalue weighted by atomic mass is 9.92. The fourth-order valence-electron chi connectivity index (χ4n) is 3.26. The molecule has 1 aliphatic carbocycles. The lowest BCUT2D eigenvalue weighted by Gasteiger charge is -2.38. The zero-order valence-corrected chi connectivity index (χ0v) is 12.0. The number of nitrogens with zero attached hydrogens (tertiary/aromatic N) is 1. The highest BCUT2D eigenvalue weighted by Gasteiger charge is 2.46. The smallest absolute Gasteiger partial charge is 0.0710 e. The molecule has 18 heavy (non-hydrogen) atoms. The number of hydrogen-bond donors (Lipinski definition) is 2. The summed E-state index contributed by atoms with van der Waals surface area (Å²) in [6, 6.07) is 0.415. The van der Waals surface area contributed by atoms with Crippen LogP contribution in [-0.4, -0.2) is 61.0 Å². The van der Waals surface area contributed by atoms with E-state index in [9.17, 15) is 5.11 Å². The number of aliphatic hydroxyl groups is 1. The van der Waals surface area contributed by atoms with Gasteiger partial charge >= 0.3 is 0 Å². The highest BCUT2D eigenvalue weighted by atomic mass is 16.5. The average Bonchev–Trinajstić information content (AvgIpc) is 3.10. The number of nitrogens with one attached hydrogen (secondary N) is 1. The van der Waals surface area contributed by atoms with E-state index in [2.05, 4.69) is 24.1 Å². The molecule has 0 bridgehead atoms. The van der Waals surface area contributed by atoms with E-state index in [4.69, 9.17) is 4.74 Å². The number of aliphatic hydroxyl groups excluding tert-OH is 1. The molecule has 0 radical (unpaired) electrons. The van der Waals surface area contributed by atoms with E-state index in [-0.39, 0.29) is 12.1 Å². The molecule has 0 amide bonds. The van der Waals surface area contributed by atoms with Crippen LogP contribution in [0.4, 0.5) is 0 Å². The molecule has 4 nitrogen and oxygen atoms in total. The maximum absolute atomic E-state index is 9.90. The molecule has 0 aromatic heterocycles. The van der Waals surface area contributed by atoms with Crippen molar-refractivity contribution < 1.29 is 9.84 Å². The standard InChI is InChI=1S/C14H28N2O2/c1-11(2)15-14(10-17,12-4-5-12)9-16-7-6-13(8-16)18-3/h11-13,15,17H,4-10H2,1-3H3. The van der Waals surface area contributed by atoms with Gasteiger partial charge in [-0.3, -0.25) is 4.90 Å². The Kier molecular flexibility index (Phi) is 4.64. The number of likely N-dealkylation sites (tertiary alicyclic amines) is 1. The Hall–Kier alpha value is -0.160. The van der Waals surface area contributed by atoms with Crippen molar-refractivity contribution in [3.05, 3.63) is 0 Å². The Balaban J connectivity index is 1.96. The first-order chi connectivity index (χ1) is 8.59. The van der Waals surface area contributed by atoms with Gasteiger partial charge in [-0.25, -0.2) is 0 Å². The topological polar surface area (TPSA) is 44.7 Å². The largest absolute Gasteiger partial charge is 0.394 e. The van der Waals surface area contributed by atoms with E-state index in [0.717, 1.165) is 26.1 Å². The summed E-state index contributed by atoms with van der Waals surface area (Å²) in [5.74, 6) is 0.645. The van der Waals surface area contributed by atoms with Gasteiger partial charge in [-0.05, 0) is 25.2 Å². The number of methoxy groups -OCH3 is 1. The maximum Gasteiger partial charge on any atom is 0.0710 e. The van der Waals surface area contributed by atoms with Crippen LogP contribution in [0.2, 0.25) is 0 Å². The van der Waals surface area contributed by atoms with E-state index in [1.54, 1.807) is 7.11 Å². The lowest BCUT2D eigenvalue weighted by Crippen LogP contribution is -2.59. The summed E-state index contributed by atoms with van der Waals surface area (Å²) in [4.78, 5) is 2.44. The highest BCUT2D eigenvalue weighted by molar-refractivity contribution is 5.04. The SMILES string of the molecule is COC1CCN(CC(CO)(NC(C)C)C2CC2)C1. The molecule has 0 aromatic carbocycles. The Bertz CT molecular complexity index is 269. The van der Waals surface area contributed by atoms with Gasteiger partial charge < -0.3 is 15.2 Å². The van der Waals surface area contributed by atoms with Gasteiger partial charge in [0.15, 0.2) is 0 Å². The molecule has 2 fully saturated rings. The Labute approximate surface area is 111 Å². The van der Waals surface area contributed by atoms with Crippen molar-refractivity contribution in [1.82, 2.24) is 10.2 Å². The van der Waals surface area contributed by atoms with Crippen molar-refractivity contribution in [2.24, 2.45) is 5.92 Å². The van der Waals surface area contributed by atoms with Crippen LogP contribution in [0.5, 0.6) is 0 Å². The molecule has 106 valence electrons. The Morgan fingerprint density at radius 2 is 2.11 bits per heavy atom. The maximum atomic E-state index is 9.90. The van der Waals surface area contributed by atoms with E-state index in [1.807, 2.05) is 0 Å². The predicted molar refractivity (Wildman–Crippen MR) is 72.7 cm³/mol. The highest BCUT2D eigenvalue weighted by Crippen LogP contribution is 2.40. The third-order valence-electron chi connectivity index (χ3n) is 4.29. The van der Waals surface area contributed by atoms with Crippen LogP contribution >= 0.6 is 0 Å². The third-order valence-corrected chi connectivity index (χ3v) is 4.29. The molecule has 2 unspecified atom stereocenters. The van der Waals surface area contributed by atoms with Crippen LogP contribution in [-0.2, 0) is 4.74 Å². The Morgan fingerprint density at radius 1 is 1.39 bits per heavy atom. The van der Waals surface area contributed by atoms with Crippen molar-refractivity contribution in [3.63, 3.8) is 0 Å². The summed E-state index contributed by atoms with van der Waals surface area (Å²) in [5, 5.41) is 13.5. The minimum atomic E-state index is -0.100. The molecular formula is C14H28N2O2. The first kappa shape index (κ1) is 14.3. The first-order valence-electron chi connectivity index (χ1n) is 7.23. The van der Waals surface area contributed by atoms with Crippen molar-refractivity contribution >= 4 is 0 Å². The first-order valence-corrected chi connectivity index (χ1v) is 7.23. The molecule has 2 atom stereocenters. The van der Waals surface area contributed by atoms with E-state index >= 15 is 0 Å². The summed E-state index contributed by atoms with van der Waals surface area (Å²) in [5.41, 5.74) is -0.100. The molecule has 2 rings (SSSR count). The second kappa shape index (κ2) is 5.87. The molecule has 0 aromatic rings. The van der Waals surface area contributed by atoms with E-state index < -0.39 is 0 Å². The van der Waals surface area contributed by atoms with Gasteiger partial charge in [0.1, 0.15) is 0 Å². The zero-order valence-electron chi connectivity index (χ0n) is 12.0. The van der Waals surface area contributed by atoms with Gasteiger partial charge in [-0.1, -0.05) is 13.8 Å². The number of rotatable bonds is 7. The van der Waals surface area contributed by atoms with Gasteiger partial charge in [0.05, 0.1) is 18.2 Å². The second-order valence-electron chi connectivity index (χ2n) is 6.27. The van der Waals surface area contributed by atoms with Crippen LogP contribution in [0.25, 0.3) is 0 Å². The lowest BCUT2D eigenvalue weighted by molar-refractivity contribution is 0.0749. The fourth-order valence-corrected chi connectivity index (χ4v) is 3.26. The zero-order chi connectivity index (χ0) is 13.2. The van der Waals surface area contributed by atoms with Crippen LogP contribution in [0, 0.1) is 5.92 Å². The van der Waals surface area contributed by atoms with E-state index in [0.29, 0.717) is 18.1 Å². The van der Waals surface area contributed by atoms with Crippen molar-refractivity contribution in [1.29, 1.82) is 0 Å². The van der Waals surface area contributed by atoms with E-state index in [1.165, 1.54) is 12.8 Å². The van der Waals surface area contributed by atoms with Crippen LogP contribution < -0.4 is 5.32 Å². The molecule has 4 heteroatoms. The van der Waals surface area contributed by atoms with Crippen molar-refractivity contribution in [3.8, 4) is 0 Å². The average molecular weight is 256 g/mol. The van der Waals surface area contributed by atoms with Crippen molar-refractivity contribution in [2.75, 3.05) is 33.4 Å². The minimum absolute atomic E-state index is 0.100. The molecule has 1 aliphatic heterocycles. The van der Waals surface area contributed by atoms with Gasteiger partial charge in [-0.15, -0.1) is 0 Å². The van der Waals surface area contributed by atoms with Gasteiger partial charge in [0.2, 0.25) is 0 Å². The summed E-state index contributed by atoms with van der Waals surface area (Å²) in [6.45, 7) is 7.61. The normalized spacial score (nSPS) is 28.8. The van der Waals surface area contributed by atoms with Crippen molar-refractivity contribution in [2.45, 2.75) is 50.8 Å². The van der Waals surface area contributed by atoms with Gasteiger partial charge in [0, 0.05) is 32.8 Å². The van der Waals surface area contributed by atoms with Crippen LogP contribution in [0.1, 0.15) is 33.1 Å². The summed E-state index contributed by atoms with van der Waals surface area (Å²) >= 11 is 0. The van der Waals surface area contributed by atoms with Crippen LogP contribution in [0.3, 0.4) is 0 Å². The van der Waals surface area contributed by atoms with Gasteiger partial charge in [-0.2, -0.15) is 0 Å².